The highest BCUT2D eigenvalue weighted by molar-refractivity contribution is 9.10. The quantitative estimate of drug-likeness (QED) is 0.114. The molecule has 18 rings (SSSR count). The molecule has 0 atom stereocenters. The number of fused-ring (bicyclic) bond motifs is 15. The molecule has 0 saturated heterocycles. The fraction of sp³-hybridized carbons (Fsp3) is 0.177. The van der Waals surface area contributed by atoms with Crippen LogP contribution >= 0.6 is 15.9 Å². The van der Waals surface area contributed by atoms with Gasteiger partial charge in [-0.1, -0.05) is 114 Å². The molecule has 0 unspecified atom stereocenters. The molecular formula is C79H67BrN14O10. The zero-order valence-corrected chi connectivity index (χ0v) is 58.9. The summed E-state index contributed by atoms with van der Waals surface area (Å²) < 4.78 is 22.7. The Hall–Kier alpha value is -13.0. The number of ether oxygens (including phenoxy) is 3. The molecule has 0 fully saturated rings. The first-order valence-corrected chi connectivity index (χ1v) is 34.0. The van der Waals surface area contributed by atoms with Crippen LogP contribution in [0.2, 0.25) is 0 Å². The molecule has 104 heavy (non-hydrogen) atoms. The van der Waals surface area contributed by atoms with Crippen molar-refractivity contribution in [2.24, 2.45) is 0 Å². The van der Waals surface area contributed by atoms with Gasteiger partial charge in [0, 0.05) is 49.9 Å². The van der Waals surface area contributed by atoms with Crippen molar-refractivity contribution in [2.75, 3.05) is 19.8 Å². The second-order valence-electron chi connectivity index (χ2n) is 23.2. The van der Waals surface area contributed by atoms with Crippen molar-refractivity contribution in [3.8, 4) is 29.0 Å². The molecule has 0 bridgehead atoms. The molecule has 0 radical (unpaired) electrons. The summed E-state index contributed by atoms with van der Waals surface area (Å²) in [7, 11) is 0. The Bertz CT molecular complexity index is 5900. The topological polar surface area (TPSA) is 320 Å². The van der Waals surface area contributed by atoms with Gasteiger partial charge in [0.2, 0.25) is 17.6 Å². The zero-order valence-electron chi connectivity index (χ0n) is 57.4. The number of hydrogen-bond donors (Lipinski definition) is 3. The Labute approximate surface area is 601 Å². The number of aryl methyl sites for hydroxylation is 3. The van der Waals surface area contributed by atoms with E-state index in [-0.39, 0.29) is 24.0 Å². The predicted molar refractivity (Wildman–Crippen MR) is 398 cm³/mol. The summed E-state index contributed by atoms with van der Waals surface area (Å²) in [5.41, 5.74) is 23.8. The highest BCUT2D eigenvalue weighted by Crippen LogP contribution is 2.38. The maximum atomic E-state index is 11.5. The van der Waals surface area contributed by atoms with Gasteiger partial charge in [0.15, 0.2) is 0 Å². The number of rotatable bonds is 10. The monoisotopic (exact) mass is 1450 g/mol. The van der Waals surface area contributed by atoms with E-state index < -0.39 is 0 Å². The van der Waals surface area contributed by atoms with Crippen molar-refractivity contribution in [3.05, 3.63) is 230 Å². The predicted octanol–water partition coefficient (Wildman–Crippen LogP) is 14.5. The summed E-state index contributed by atoms with van der Waals surface area (Å²) in [4.78, 5) is 109. The third kappa shape index (κ3) is 15.5. The van der Waals surface area contributed by atoms with E-state index in [1.807, 2.05) is 70.4 Å². The van der Waals surface area contributed by atoms with Gasteiger partial charge in [-0.2, -0.15) is 43.7 Å². The van der Waals surface area contributed by atoms with Crippen LogP contribution in [0, 0.1) is 6.92 Å². The normalized spacial score (nSPS) is 11.5. The first-order valence-electron chi connectivity index (χ1n) is 33.2. The van der Waals surface area contributed by atoms with Crippen LogP contribution < -0.4 is 19.8 Å². The van der Waals surface area contributed by atoms with Crippen molar-refractivity contribution in [1.82, 2.24) is 68.9 Å². The summed E-state index contributed by atoms with van der Waals surface area (Å²) >= 11 is 3.43. The number of allylic oxidation sites excluding steroid dienone is 3. The fourth-order valence-corrected chi connectivity index (χ4v) is 12.9. The number of halogens is 1. The lowest BCUT2D eigenvalue weighted by molar-refractivity contribution is -0.193. The molecule has 15 aromatic rings. The van der Waals surface area contributed by atoms with Gasteiger partial charge in [-0.25, -0.2) is 19.9 Å². The van der Waals surface area contributed by atoms with Crippen molar-refractivity contribution in [3.63, 3.8) is 0 Å². The third-order valence-electron chi connectivity index (χ3n) is 17.1. The molecule has 3 N–H and O–H groups in total. The lowest BCUT2D eigenvalue weighted by Crippen LogP contribution is -2.05. The zero-order chi connectivity index (χ0) is 73.2. The average molecular weight is 1450 g/mol. The van der Waals surface area contributed by atoms with E-state index in [1.54, 1.807) is 19.0 Å². The number of nitrogens with zero attached hydrogens (tertiary/aromatic N) is 11. The second-order valence-corrected chi connectivity index (χ2v) is 24.1. The van der Waals surface area contributed by atoms with Crippen LogP contribution in [0.25, 0.3) is 117 Å². The maximum Gasteiger partial charge on any atom is 0.373 e. The largest absolute Gasteiger partial charge is 0.476 e. The van der Waals surface area contributed by atoms with Crippen LogP contribution in [-0.4, -0.2) is 107 Å². The number of nitrogens with one attached hydrogen (secondary N) is 3. The second kappa shape index (κ2) is 33.9. The molecule has 3 aliphatic rings. The molecule has 24 nitrogen and oxygen atoms in total. The van der Waals surface area contributed by atoms with Crippen LogP contribution in [-0.2, 0) is 60.9 Å². The summed E-state index contributed by atoms with van der Waals surface area (Å²) in [6.45, 7) is 13.9. The number of pyridine rings is 2. The number of aromatic nitrogens is 14. The number of para-hydroxylation sites is 1. The molecular weight excluding hydrogens is 1380 g/mol. The van der Waals surface area contributed by atoms with Gasteiger partial charge in [0.25, 0.3) is 5.56 Å². The van der Waals surface area contributed by atoms with Crippen LogP contribution in [0.4, 0.5) is 0 Å². The van der Waals surface area contributed by atoms with Gasteiger partial charge in [-0.3, -0.25) is 14.8 Å². The van der Waals surface area contributed by atoms with Crippen molar-refractivity contribution >= 4 is 140 Å². The van der Waals surface area contributed by atoms with Gasteiger partial charge in [0.05, 0.1) is 72.3 Å². The smallest absolute Gasteiger partial charge is 0.373 e. The van der Waals surface area contributed by atoms with Crippen molar-refractivity contribution < 1.29 is 43.0 Å². The first kappa shape index (κ1) is 72.2. The molecule has 10 aromatic heterocycles. The maximum absolute atomic E-state index is 11.5. The number of hydrogen-bond acceptors (Lipinski definition) is 19. The minimum Gasteiger partial charge on any atom is -0.476 e. The van der Waals surface area contributed by atoms with Gasteiger partial charge in [-0.05, 0) is 147 Å². The number of aromatic amines is 3. The van der Waals surface area contributed by atoms with Gasteiger partial charge >= 0.3 is 18.5 Å². The minimum atomic E-state index is -0.131. The van der Waals surface area contributed by atoms with E-state index in [2.05, 4.69) is 214 Å². The van der Waals surface area contributed by atoms with Crippen LogP contribution in [0.1, 0.15) is 85.0 Å². The number of H-pyrrole nitrogens is 3. The summed E-state index contributed by atoms with van der Waals surface area (Å²) in [6, 6.07) is 37.9. The summed E-state index contributed by atoms with van der Waals surface area (Å²) in [5, 5.41) is 4.32. The lowest BCUT2D eigenvalue weighted by atomic mass is 10.1. The molecule has 5 aromatic carbocycles. The van der Waals surface area contributed by atoms with E-state index in [4.69, 9.17) is 43.0 Å². The van der Waals surface area contributed by atoms with Gasteiger partial charge in [-0.15, -0.1) is 0 Å². The molecule has 0 aliphatic heterocycles. The van der Waals surface area contributed by atoms with Crippen LogP contribution in [0.3, 0.4) is 0 Å². The Morgan fingerprint density at radius 3 is 1.57 bits per heavy atom. The Balaban J connectivity index is 0.000000130. The number of benzene rings is 5. The number of carbonyl (C=O) groups excluding carboxylic acids is 6. The fourth-order valence-electron chi connectivity index (χ4n) is 12.5. The third-order valence-corrected chi connectivity index (χ3v) is 17.5. The Morgan fingerprint density at radius 2 is 0.962 bits per heavy atom. The van der Waals surface area contributed by atoms with Crippen molar-refractivity contribution in [2.45, 2.75) is 73.6 Å². The minimum absolute atomic E-state index is 0.131. The first-order chi connectivity index (χ1) is 50.8. The Morgan fingerprint density at radius 1 is 0.471 bits per heavy atom. The SMILES string of the molecule is Brc1ccc2c(c1)C=CC2.CCOc1ncnc2c1[nH]c1ccc(CC)cc12.CCOc1ncnc2c3cc(CC)ccc3n(-c3cnc4c(c3)C=CC4)c12.CCOc1ncnc2c3ccccc3n(-c3cnc4c(c3)C=CC4)c12.Cc1ccc2[nH]c3c(=O)[nH]cnc3c2c1.O=C=O.O=C=O.O=C=O. The van der Waals surface area contributed by atoms with Crippen LogP contribution in [0.15, 0.2) is 174 Å². The molecule has 520 valence electrons. The highest BCUT2D eigenvalue weighted by Gasteiger charge is 2.23. The average Bonchev–Trinajstić information content (AvgIpc) is 1.59. The summed E-state index contributed by atoms with van der Waals surface area (Å²) in [5.74, 6) is 1.82. The van der Waals surface area contributed by atoms with E-state index in [1.165, 1.54) is 39.7 Å². The van der Waals surface area contributed by atoms with Gasteiger partial charge in [0.1, 0.15) is 63.1 Å². The molecule has 25 heteroatoms. The van der Waals surface area contributed by atoms with Crippen molar-refractivity contribution in [1.29, 1.82) is 0 Å². The molecule has 0 spiro atoms. The Kier molecular flexibility index (Phi) is 23.5. The molecule has 10 heterocycles. The molecule has 0 saturated carbocycles. The standard InChI is InChI=1S/C22H20N4O.C20H16N4O.C14H15N3O.C11H9N3O.C9H7Br.3CO2/c1-3-14-8-9-19-17(10-14)20-21(22(27-4-2)25-13-24-20)26(19)16-11-15-6-5-7-18(15)23-12-16;1-2-25-20-19-18(22-12-23-20)15-7-3-4-9-17(15)24(19)14-10-13-6-5-8-16(13)21-11-14;1-3-9-5-6-11-10(7-9)12-13(17-11)14(18-4-2)16-8-15-12;1-6-2-3-8-7(4-6)9-10(14-8)11(15)13-5-12-9;10-9-5-4-7-2-1-3-8(7)6-9;3*2-1-3/h5-6,8-13H,3-4,7H2,1-2H3;3-7,9-12H,2,8H2,1H3;5-8,17H,3-4H2,1-2H3;2-5,14H,1H3,(H,12,13,15);1,3-6H,2H2;;;. The molecule has 0 amide bonds. The van der Waals surface area contributed by atoms with E-state index in [9.17, 15) is 4.79 Å². The van der Waals surface area contributed by atoms with Gasteiger partial charge < -0.3 is 38.3 Å². The summed E-state index contributed by atoms with van der Waals surface area (Å²) in [6.07, 6.45) is 28.5. The van der Waals surface area contributed by atoms with E-state index in [0.29, 0.717) is 43.0 Å². The molecule has 3 aliphatic carbocycles. The van der Waals surface area contributed by atoms with E-state index >= 15 is 0 Å². The lowest BCUT2D eigenvalue weighted by Gasteiger charge is -2.11. The van der Waals surface area contributed by atoms with E-state index in [0.717, 1.165) is 147 Å². The van der Waals surface area contributed by atoms with Crippen LogP contribution in [0.5, 0.6) is 17.6 Å². The highest BCUT2D eigenvalue weighted by atomic mass is 79.9.